The summed E-state index contributed by atoms with van der Waals surface area (Å²) in [5.41, 5.74) is 6.45. The highest BCUT2D eigenvalue weighted by atomic mass is 16.2. The van der Waals surface area contributed by atoms with E-state index in [2.05, 4.69) is 0 Å². The first-order valence-electron chi connectivity index (χ1n) is 6.34. The summed E-state index contributed by atoms with van der Waals surface area (Å²) in [6.45, 7) is 6.53. The summed E-state index contributed by atoms with van der Waals surface area (Å²) in [4.78, 5) is 25.6. The molecule has 0 fully saturated rings. The number of carbonyl (C=O) groups excluding carboxylic acids is 2. The first-order chi connectivity index (χ1) is 8.78. The van der Waals surface area contributed by atoms with Crippen molar-refractivity contribution >= 4 is 11.7 Å². The van der Waals surface area contributed by atoms with Gasteiger partial charge in [0.2, 0.25) is 0 Å². The number of rotatable bonds is 5. The number of hydrogen-bond acceptors (Lipinski definition) is 3. The molecular weight excluding hydrogens is 240 g/mol. The van der Waals surface area contributed by atoms with Crippen molar-refractivity contribution in [2.24, 2.45) is 11.1 Å². The van der Waals surface area contributed by atoms with Gasteiger partial charge in [-0.1, -0.05) is 32.0 Å². The number of hydrogen-bond donors (Lipinski definition) is 1. The fraction of sp³-hybridized carbons (Fsp3) is 0.467. The first-order valence-corrected chi connectivity index (χ1v) is 6.34. The molecule has 0 unspecified atom stereocenters. The summed E-state index contributed by atoms with van der Waals surface area (Å²) >= 11 is 0. The van der Waals surface area contributed by atoms with Crippen LogP contribution in [0, 0.1) is 5.41 Å². The zero-order chi connectivity index (χ0) is 14.6. The van der Waals surface area contributed by atoms with Crippen molar-refractivity contribution in [2.45, 2.75) is 20.8 Å². The van der Waals surface area contributed by atoms with E-state index in [-0.39, 0.29) is 17.1 Å². The molecule has 1 aromatic rings. The highest BCUT2D eigenvalue weighted by Crippen LogP contribution is 2.17. The molecule has 0 aromatic heterocycles. The third-order valence-electron chi connectivity index (χ3n) is 3.10. The highest BCUT2D eigenvalue weighted by Gasteiger charge is 2.23. The van der Waals surface area contributed by atoms with Crippen LogP contribution in [0.2, 0.25) is 0 Å². The van der Waals surface area contributed by atoms with Gasteiger partial charge in [0.15, 0.2) is 5.78 Å². The van der Waals surface area contributed by atoms with Crippen molar-refractivity contribution < 1.29 is 9.59 Å². The molecule has 0 aliphatic rings. The molecule has 0 heterocycles. The van der Waals surface area contributed by atoms with Crippen LogP contribution < -0.4 is 5.73 Å². The molecule has 1 rings (SSSR count). The van der Waals surface area contributed by atoms with Crippen molar-refractivity contribution in [2.75, 3.05) is 20.1 Å². The van der Waals surface area contributed by atoms with Gasteiger partial charge in [0, 0.05) is 19.2 Å². The Morgan fingerprint density at radius 1 is 1.21 bits per heavy atom. The number of Topliss-reactive ketones (excluding diaryl/α,β-unsaturated/α-hetero) is 1. The second-order valence-electron chi connectivity index (χ2n) is 5.63. The molecule has 0 saturated carbocycles. The lowest BCUT2D eigenvalue weighted by Gasteiger charge is -2.29. The van der Waals surface area contributed by atoms with Gasteiger partial charge in [-0.2, -0.15) is 0 Å². The number of nitrogens with zero attached hydrogens (tertiary/aromatic N) is 1. The molecule has 0 atom stereocenters. The van der Waals surface area contributed by atoms with Crippen LogP contribution in [0.1, 0.15) is 41.5 Å². The minimum Gasteiger partial charge on any atom is -0.341 e. The predicted molar refractivity (Wildman–Crippen MR) is 76.2 cm³/mol. The third kappa shape index (κ3) is 3.89. The normalized spacial score (nSPS) is 11.2. The lowest BCUT2D eigenvalue weighted by Crippen LogP contribution is -2.40. The molecule has 4 heteroatoms. The van der Waals surface area contributed by atoms with E-state index in [0.29, 0.717) is 24.2 Å². The SMILES string of the molecule is CC(=O)c1ccccc1C(=O)N(C)CC(C)(C)CN. The standard InChI is InChI=1S/C15H22N2O2/c1-11(18)12-7-5-6-8-13(12)14(19)17(4)10-15(2,3)9-16/h5-8H,9-10,16H2,1-4H3. The summed E-state index contributed by atoms with van der Waals surface area (Å²) in [7, 11) is 1.73. The van der Waals surface area contributed by atoms with E-state index < -0.39 is 0 Å². The fourth-order valence-electron chi connectivity index (χ4n) is 1.96. The van der Waals surface area contributed by atoms with Crippen LogP contribution in [-0.4, -0.2) is 36.7 Å². The Kier molecular flexibility index (Phi) is 4.84. The molecular formula is C15H22N2O2. The number of benzene rings is 1. The third-order valence-corrected chi connectivity index (χ3v) is 3.10. The molecule has 0 saturated heterocycles. The van der Waals surface area contributed by atoms with Crippen LogP contribution in [0.4, 0.5) is 0 Å². The number of carbonyl (C=O) groups is 2. The van der Waals surface area contributed by atoms with Crippen LogP contribution in [-0.2, 0) is 0 Å². The van der Waals surface area contributed by atoms with Crippen molar-refractivity contribution in [1.82, 2.24) is 4.90 Å². The maximum absolute atomic E-state index is 12.4. The average molecular weight is 262 g/mol. The zero-order valence-electron chi connectivity index (χ0n) is 12.1. The Morgan fingerprint density at radius 2 is 1.74 bits per heavy atom. The molecule has 0 aliphatic heterocycles. The van der Waals surface area contributed by atoms with Gasteiger partial charge in [-0.25, -0.2) is 0 Å². The Labute approximate surface area is 114 Å². The molecule has 1 amide bonds. The number of ketones is 1. The average Bonchev–Trinajstić information content (AvgIpc) is 2.37. The van der Waals surface area contributed by atoms with Gasteiger partial charge in [-0.05, 0) is 24.9 Å². The van der Waals surface area contributed by atoms with Crippen LogP contribution in [0.25, 0.3) is 0 Å². The van der Waals surface area contributed by atoms with Crippen molar-refractivity contribution in [1.29, 1.82) is 0 Å². The largest absolute Gasteiger partial charge is 0.341 e. The van der Waals surface area contributed by atoms with E-state index in [1.165, 1.54) is 6.92 Å². The van der Waals surface area contributed by atoms with E-state index in [4.69, 9.17) is 5.73 Å². The smallest absolute Gasteiger partial charge is 0.254 e. The summed E-state index contributed by atoms with van der Waals surface area (Å²) in [6.07, 6.45) is 0. The molecule has 2 N–H and O–H groups in total. The molecule has 0 aliphatic carbocycles. The van der Waals surface area contributed by atoms with Gasteiger partial charge in [0.25, 0.3) is 5.91 Å². The summed E-state index contributed by atoms with van der Waals surface area (Å²) in [5, 5.41) is 0. The minimum atomic E-state index is -0.146. The van der Waals surface area contributed by atoms with Crippen molar-refractivity contribution in [3.05, 3.63) is 35.4 Å². The van der Waals surface area contributed by atoms with E-state index in [1.54, 1.807) is 36.2 Å². The van der Waals surface area contributed by atoms with Gasteiger partial charge in [-0.15, -0.1) is 0 Å². The first kappa shape index (κ1) is 15.4. The maximum atomic E-state index is 12.4. The van der Waals surface area contributed by atoms with E-state index >= 15 is 0 Å². The van der Waals surface area contributed by atoms with Gasteiger partial charge >= 0.3 is 0 Å². The molecule has 1 aromatic carbocycles. The maximum Gasteiger partial charge on any atom is 0.254 e. The van der Waals surface area contributed by atoms with Gasteiger partial charge in [-0.3, -0.25) is 9.59 Å². The summed E-state index contributed by atoms with van der Waals surface area (Å²) in [6, 6.07) is 6.89. The Bertz CT molecular complexity index is 481. The van der Waals surface area contributed by atoms with E-state index in [0.717, 1.165) is 0 Å². The van der Waals surface area contributed by atoms with Crippen molar-refractivity contribution in [3.8, 4) is 0 Å². The zero-order valence-corrected chi connectivity index (χ0v) is 12.1. The second-order valence-corrected chi connectivity index (χ2v) is 5.63. The van der Waals surface area contributed by atoms with Crippen LogP contribution in [0.5, 0.6) is 0 Å². The van der Waals surface area contributed by atoms with Crippen molar-refractivity contribution in [3.63, 3.8) is 0 Å². The van der Waals surface area contributed by atoms with Gasteiger partial charge in [0.1, 0.15) is 0 Å². The molecule has 19 heavy (non-hydrogen) atoms. The van der Waals surface area contributed by atoms with Gasteiger partial charge in [0.05, 0.1) is 5.56 Å². The van der Waals surface area contributed by atoms with Crippen LogP contribution in [0.3, 0.4) is 0 Å². The Balaban J connectivity index is 2.98. The quantitative estimate of drug-likeness (QED) is 0.825. The van der Waals surface area contributed by atoms with Crippen LogP contribution in [0.15, 0.2) is 24.3 Å². The fourth-order valence-corrected chi connectivity index (χ4v) is 1.96. The summed E-state index contributed by atoms with van der Waals surface area (Å²) in [5.74, 6) is -0.247. The van der Waals surface area contributed by atoms with Crippen LogP contribution >= 0.6 is 0 Å². The lowest BCUT2D eigenvalue weighted by molar-refractivity contribution is 0.0736. The minimum absolute atomic E-state index is 0.101. The highest BCUT2D eigenvalue weighted by molar-refractivity contribution is 6.07. The second kappa shape index (κ2) is 5.97. The molecule has 0 bridgehead atoms. The molecule has 104 valence electrons. The topological polar surface area (TPSA) is 63.4 Å². The Hall–Kier alpha value is -1.68. The molecule has 0 radical (unpaired) electrons. The van der Waals surface area contributed by atoms with E-state index in [1.807, 2.05) is 13.8 Å². The predicted octanol–water partition coefficient (Wildman–Crippen LogP) is 1.95. The summed E-state index contributed by atoms with van der Waals surface area (Å²) < 4.78 is 0. The molecule has 0 spiro atoms. The number of nitrogens with two attached hydrogens (primary N) is 1. The monoisotopic (exact) mass is 262 g/mol. The molecule has 4 nitrogen and oxygen atoms in total. The Morgan fingerprint density at radius 3 is 2.21 bits per heavy atom. The number of amides is 1. The lowest BCUT2D eigenvalue weighted by atomic mass is 9.93. The van der Waals surface area contributed by atoms with E-state index in [9.17, 15) is 9.59 Å². The van der Waals surface area contributed by atoms with Gasteiger partial charge < -0.3 is 10.6 Å².